The number of nitrogens with zero attached hydrogens (tertiary/aromatic N) is 2. The normalized spacial score (nSPS) is 11.3. The molecule has 0 aliphatic rings. The summed E-state index contributed by atoms with van der Waals surface area (Å²) in [5.74, 6) is -0.857. The van der Waals surface area contributed by atoms with E-state index in [0.29, 0.717) is 11.3 Å². The molecule has 0 aliphatic carbocycles. The van der Waals surface area contributed by atoms with Crippen LogP contribution in [0.2, 0.25) is 0 Å². The molecular weight excluding hydrogens is 389 g/mol. The van der Waals surface area contributed by atoms with Crippen molar-refractivity contribution in [3.63, 3.8) is 0 Å². The molecule has 0 saturated carbocycles. The minimum Gasteiger partial charge on any atom is -0.468 e. The van der Waals surface area contributed by atoms with Crippen LogP contribution in [0.3, 0.4) is 0 Å². The number of alkyl halides is 3. The molecule has 0 unspecified atom stereocenters. The molecule has 2 aromatic heterocycles. The van der Waals surface area contributed by atoms with Gasteiger partial charge in [0.1, 0.15) is 5.82 Å². The van der Waals surface area contributed by atoms with Gasteiger partial charge in [0.25, 0.3) is 5.91 Å². The number of nitrogens with one attached hydrogen (secondary N) is 2. The molecule has 0 radical (unpaired) electrons. The van der Waals surface area contributed by atoms with Gasteiger partial charge >= 0.3 is 6.18 Å². The van der Waals surface area contributed by atoms with Crippen LogP contribution in [0.4, 0.5) is 19.0 Å². The highest BCUT2D eigenvalue weighted by molar-refractivity contribution is 5.96. The van der Waals surface area contributed by atoms with Gasteiger partial charge in [-0.25, -0.2) is 9.97 Å². The number of hydrogen-bond acceptors (Lipinski definition) is 5. The molecule has 7 nitrogen and oxygen atoms in total. The van der Waals surface area contributed by atoms with Crippen molar-refractivity contribution in [1.82, 2.24) is 15.3 Å². The van der Waals surface area contributed by atoms with Crippen molar-refractivity contribution in [3.05, 3.63) is 47.3 Å². The van der Waals surface area contributed by atoms with Crippen molar-refractivity contribution in [2.45, 2.75) is 33.5 Å². The van der Waals surface area contributed by atoms with E-state index in [1.54, 1.807) is 26.8 Å². The van der Waals surface area contributed by atoms with Crippen LogP contribution in [0.1, 0.15) is 35.5 Å². The summed E-state index contributed by atoms with van der Waals surface area (Å²) >= 11 is 0. The molecule has 2 N–H and O–H groups in total. The molecular formula is C19H21F3N4O3. The van der Waals surface area contributed by atoms with Gasteiger partial charge in [-0.05, 0) is 24.6 Å². The Morgan fingerprint density at radius 2 is 1.93 bits per heavy atom. The summed E-state index contributed by atoms with van der Waals surface area (Å²) in [7, 11) is 0. The molecule has 0 saturated heterocycles. The van der Waals surface area contributed by atoms with Gasteiger partial charge in [0.15, 0.2) is 6.61 Å². The van der Waals surface area contributed by atoms with E-state index in [1.807, 2.05) is 0 Å². The number of rotatable bonds is 7. The smallest absolute Gasteiger partial charge is 0.422 e. The Balaban J connectivity index is 2.02. The minimum atomic E-state index is -4.47. The van der Waals surface area contributed by atoms with Gasteiger partial charge in [0, 0.05) is 23.7 Å². The molecule has 2 amide bonds. The lowest BCUT2D eigenvalue weighted by Gasteiger charge is -2.12. The molecule has 29 heavy (non-hydrogen) atoms. The highest BCUT2D eigenvalue weighted by Crippen LogP contribution is 2.18. The van der Waals surface area contributed by atoms with Crippen LogP contribution in [-0.4, -0.2) is 34.6 Å². The van der Waals surface area contributed by atoms with Crippen molar-refractivity contribution in [2.75, 3.05) is 11.9 Å². The van der Waals surface area contributed by atoms with E-state index in [4.69, 9.17) is 0 Å². The molecule has 0 aliphatic heterocycles. The third-order valence-electron chi connectivity index (χ3n) is 3.77. The second-order valence-corrected chi connectivity index (χ2v) is 6.57. The molecule has 0 atom stereocenters. The predicted octanol–water partition coefficient (Wildman–Crippen LogP) is 3.25. The highest BCUT2D eigenvalue weighted by Gasteiger charge is 2.28. The quantitative estimate of drug-likeness (QED) is 0.731. The number of carbonyl (C=O) groups is 2. The lowest BCUT2D eigenvalue weighted by atomic mass is 10.2. The topological polar surface area (TPSA) is 93.2 Å². The van der Waals surface area contributed by atoms with Crippen molar-refractivity contribution < 1.29 is 27.5 Å². The Labute approximate surface area is 165 Å². The zero-order valence-electron chi connectivity index (χ0n) is 16.1. The fourth-order valence-electron chi connectivity index (χ4n) is 2.14. The number of aromatic nitrogens is 2. The third kappa shape index (κ3) is 7.05. The average molecular weight is 410 g/mol. The van der Waals surface area contributed by atoms with E-state index in [2.05, 4.69) is 25.3 Å². The molecule has 156 valence electrons. The van der Waals surface area contributed by atoms with Gasteiger partial charge < -0.3 is 15.4 Å². The number of hydrogen-bond donors (Lipinski definition) is 2. The van der Waals surface area contributed by atoms with Crippen LogP contribution >= 0.6 is 0 Å². The van der Waals surface area contributed by atoms with E-state index in [0.717, 1.165) is 0 Å². The zero-order valence-corrected chi connectivity index (χ0v) is 16.1. The SMILES string of the molecule is Cc1ccc(OCC(F)(F)F)nc1CNC(=O)c1ccnc(NC(=O)C(C)C)c1. The monoisotopic (exact) mass is 410 g/mol. The molecule has 0 aromatic carbocycles. The number of ether oxygens (including phenoxy) is 1. The first kappa shape index (κ1) is 22.1. The van der Waals surface area contributed by atoms with Gasteiger partial charge in [-0.2, -0.15) is 13.2 Å². The molecule has 10 heteroatoms. The van der Waals surface area contributed by atoms with Crippen LogP contribution < -0.4 is 15.4 Å². The molecule has 2 heterocycles. The van der Waals surface area contributed by atoms with E-state index >= 15 is 0 Å². The molecule has 0 fully saturated rings. The first-order valence-corrected chi connectivity index (χ1v) is 8.76. The molecule has 0 bridgehead atoms. The van der Waals surface area contributed by atoms with Crippen LogP contribution in [0.15, 0.2) is 30.5 Å². The van der Waals surface area contributed by atoms with Gasteiger partial charge in [-0.3, -0.25) is 9.59 Å². The van der Waals surface area contributed by atoms with Gasteiger partial charge in [0.2, 0.25) is 11.8 Å². The Kier molecular flexibility index (Phi) is 7.13. The third-order valence-corrected chi connectivity index (χ3v) is 3.77. The Morgan fingerprint density at radius 3 is 2.59 bits per heavy atom. The van der Waals surface area contributed by atoms with Crippen LogP contribution in [0.25, 0.3) is 0 Å². The number of carbonyl (C=O) groups excluding carboxylic acids is 2. The summed E-state index contributed by atoms with van der Waals surface area (Å²) in [4.78, 5) is 32.1. The maximum Gasteiger partial charge on any atom is 0.422 e. The summed E-state index contributed by atoms with van der Waals surface area (Å²) in [6.07, 6.45) is -3.08. The minimum absolute atomic E-state index is 0.0100. The Morgan fingerprint density at radius 1 is 1.21 bits per heavy atom. The lowest BCUT2D eigenvalue weighted by Crippen LogP contribution is -2.25. The van der Waals surface area contributed by atoms with Gasteiger partial charge in [0.05, 0.1) is 12.2 Å². The summed E-state index contributed by atoms with van der Waals surface area (Å²) in [6, 6.07) is 5.80. The van der Waals surface area contributed by atoms with Crippen LogP contribution in [0, 0.1) is 12.8 Å². The molecule has 0 spiro atoms. The van der Waals surface area contributed by atoms with E-state index in [9.17, 15) is 22.8 Å². The Hall–Kier alpha value is -3.17. The number of pyridine rings is 2. The van der Waals surface area contributed by atoms with Crippen molar-refractivity contribution in [2.24, 2.45) is 5.92 Å². The lowest BCUT2D eigenvalue weighted by molar-refractivity contribution is -0.154. The first-order valence-electron chi connectivity index (χ1n) is 8.76. The standard InChI is InChI=1S/C19H21F3N4O3/c1-11(2)17(27)26-15-8-13(6-7-23-15)18(28)24-9-14-12(3)4-5-16(25-14)29-10-19(20,21)22/h4-8,11H,9-10H2,1-3H3,(H,24,28)(H,23,26,27). The van der Waals surface area contributed by atoms with Crippen molar-refractivity contribution >= 4 is 17.6 Å². The molecule has 2 rings (SSSR count). The second-order valence-electron chi connectivity index (χ2n) is 6.57. The zero-order chi connectivity index (χ0) is 21.6. The number of halogens is 3. The summed E-state index contributed by atoms with van der Waals surface area (Å²) < 4.78 is 41.5. The fourth-order valence-corrected chi connectivity index (χ4v) is 2.14. The Bertz CT molecular complexity index is 885. The van der Waals surface area contributed by atoms with Crippen molar-refractivity contribution in [1.29, 1.82) is 0 Å². The predicted molar refractivity (Wildman–Crippen MR) is 99.4 cm³/mol. The maximum absolute atomic E-state index is 12.4. The summed E-state index contributed by atoms with van der Waals surface area (Å²) in [5.41, 5.74) is 1.32. The maximum atomic E-state index is 12.4. The van der Waals surface area contributed by atoms with E-state index in [-0.39, 0.29) is 35.6 Å². The first-order chi connectivity index (χ1) is 13.5. The van der Waals surface area contributed by atoms with Crippen molar-refractivity contribution in [3.8, 4) is 5.88 Å². The highest BCUT2D eigenvalue weighted by atomic mass is 19.4. The fraction of sp³-hybridized carbons (Fsp3) is 0.368. The summed E-state index contributed by atoms with van der Waals surface area (Å²) in [5, 5.41) is 5.24. The van der Waals surface area contributed by atoms with Crippen LogP contribution in [-0.2, 0) is 11.3 Å². The van der Waals surface area contributed by atoms with Gasteiger partial charge in [-0.1, -0.05) is 19.9 Å². The average Bonchev–Trinajstić information content (AvgIpc) is 2.65. The number of anilines is 1. The van der Waals surface area contributed by atoms with E-state index < -0.39 is 18.7 Å². The van der Waals surface area contributed by atoms with Gasteiger partial charge in [-0.15, -0.1) is 0 Å². The molecule has 2 aromatic rings. The number of aryl methyl sites for hydroxylation is 1. The summed E-state index contributed by atoms with van der Waals surface area (Å²) in [6.45, 7) is 3.72. The largest absolute Gasteiger partial charge is 0.468 e. The second kappa shape index (κ2) is 9.35. The number of amides is 2. The van der Waals surface area contributed by atoms with Crippen LogP contribution in [0.5, 0.6) is 5.88 Å². The van der Waals surface area contributed by atoms with E-state index in [1.165, 1.54) is 24.4 Å².